The lowest BCUT2D eigenvalue weighted by Gasteiger charge is -2.34. The van der Waals surface area contributed by atoms with Crippen molar-refractivity contribution in [1.29, 1.82) is 0 Å². The van der Waals surface area contributed by atoms with Gasteiger partial charge in [-0.05, 0) is 90.8 Å². The van der Waals surface area contributed by atoms with E-state index in [0.29, 0.717) is 40.5 Å². The second kappa shape index (κ2) is 14.7. The van der Waals surface area contributed by atoms with Gasteiger partial charge in [0.15, 0.2) is 40.5 Å². The van der Waals surface area contributed by atoms with Crippen LogP contribution in [0, 0.1) is 0 Å². The van der Waals surface area contributed by atoms with Crippen LogP contribution in [0.1, 0.15) is 22.3 Å². The van der Waals surface area contributed by atoms with E-state index in [2.05, 4.69) is 176 Å². The average Bonchev–Trinajstić information content (AvgIpc) is 3.67. The van der Waals surface area contributed by atoms with E-state index in [9.17, 15) is 0 Å². The van der Waals surface area contributed by atoms with Crippen molar-refractivity contribution in [2.75, 3.05) is 0 Å². The Hall–Kier alpha value is -8.67. The normalized spacial score (nSPS) is 13.0. The molecule has 11 aromatic rings. The summed E-state index contributed by atoms with van der Waals surface area (Å²) in [6.07, 6.45) is 0. The molecule has 0 unspecified atom stereocenters. The summed E-state index contributed by atoms with van der Waals surface area (Å²) < 4.78 is 13.8. The van der Waals surface area contributed by atoms with Gasteiger partial charge in [-0.1, -0.05) is 194 Å². The van der Waals surface area contributed by atoms with Crippen LogP contribution in [0.5, 0.6) is 23.0 Å². The van der Waals surface area contributed by atoms with Crippen molar-refractivity contribution in [3.05, 3.63) is 247 Å². The number of aromatic nitrogens is 3. The minimum Gasteiger partial charge on any atom is -0.449 e. The molecule has 0 N–H and O–H groups in total. The van der Waals surface area contributed by atoms with Gasteiger partial charge in [0.2, 0.25) is 0 Å². The van der Waals surface area contributed by atoms with Crippen LogP contribution in [0.2, 0.25) is 0 Å². The smallest absolute Gasteiger partial charge is 0.177 e. The fourth-order valence-corrected chi connectivity index (χ4v) is 10.1. The number of para-hydroxylation sites is 1. The molecule has 0 radical (unpaired) electrons. The molecule has 0 fully saturated rings. The van der Waals surface area contributed by atoms with Crippen LogP contribution in [0.15, 0.2) is 224 Å². The van der Waals surface area contributed by atoms with Gasteiger partial charge in [0.1, 0.15) is 0 Å². The number of rotatable bonds is 6. The SMILES string of the molecule is c1ccc(-c2nc(-c3cccc(-c4cccc5c4Oc4cc6c(cc4O5)-c4ccccc4C6(c4ccccc4)c4ccccc4)c3)nc(-c3ccc4c(ccc5ccccc54)c3)n2)cc1. The molecule has 0 spiro atoms. The highest BCUT2D eigenvalue weighted by atomic mass is 16.6. The van der Waals surface area contributed by atoms with E-state index in [1.807, 2.05) is 48.5 Å². The Balaban J connectivity index is 0.920. The van der Waals surface area contributed by atoms with E-state index in [0.717, 1.165) is 44.3 Å². The monoisotopic (exact) mass is 831 g/mol. The molecule has 0 saturated heterocycles. The predicted octanol–water partition coefficient (Wildman–Crippen LogP) is 15.1. The van der Waals surface area contributed by atoms with E-state index in [1.165, 1.54) is 38.4 Å². The van der Waals surface area contributed by atoms with Crippen LogP contribution in [0.25, 0.3) is 78.0 Å². The maximum atomic E-state index is 7.05. The van der Waals surface area contributed by atoms with Gasteiger partial charge >= 0.3 is 0 Å². The van der Waals surface area contributed by atoms with Crippen LogP contribution < -0.4 is 9.47 Å². The second-order valence-corrected chi connectivity index (χ2v) is 16.7. The van der Waals surface area contributed by atoms with Crippen LogP contribution in [-0.2, 0) is 5.41 Å². The molecular weight excluding hydrogens is 795 g/mol. The predicted molar refractivity (Wildman–Crippen MR) is 260 cm³/mol. The van der Waals surface area contributed by atoms with Gasteiger partial charge in [-0.2, -0.15) is 0 Å². The summed E-state index contributed by atoms with van der Waals surface area (Å²) in [5.41, 5.74) is 11.1. The number of benzene rings is 10. The highest BCUT2D eigenvalue weighted by Gasteiger charge is 2.47. The molecule has 0 saturated carbocycles. The molecule has 1 aliphatic carbocycles. The first kappa shape index (κ1) is 36.9. The Kier molecular flexibility index (Phi) is 8.36. The molecule has 10 aromatic carbocycles. The van der Waals surface area contributed by atoms with Crippen LogP contribution in [0.3, 0.4) is 0 Å². The zero-order chi connectivity index (χ0) is 42.9. The molecule has 1 aromatic heterocycles. The highest BCUT2D eigenvalue weighted by Crippen LogP contribution is 2.60. The summed E-state index contributed by atoms with van der Waals surface area (Å²) in [5, 5.41) is 4.75. The molecule has 5 heteroatoms. The number of nitrogens with zero attached hydrogens (tertiary/aromatic N) is 3. The third-order valence-corrected chi connectivity index (χ3v) is 13.0. The molecule has 65 heavy (non-hydrogen) atoms. The lowest BCUT2D eigenvalue weighted by atomic mass is 9.67. The second-order valence-electron chi connectivity index (χ2n) is 16.7. The van der Waals surface area contributed by atoms with Crippen molar-refractivity contribution in [1.82, 2.24) is 15.0 Å². The largest absolute Gasteiger partial charge is 0.449 e. The van der Waals surface area contributed by atoms with Crippen LogP contribution >= 0.6 is 0 Å². The molecule has 0 bridgehead atoms. The summed E-state index contributed by atoms with van der Waals surface area (Å²) in [5.74, 6) is 4.46. The van der Waals surface area contributed by atoms with E-state index >= 15 is 0 Å². The van der Waals surface area contributed by atoms with Gasteiger partial charge in [0, 0.05) is 22.3 Å². The number of fused-ring (bicyclic) bond motifs is 8. The number of hydrogen-bond acceptors (Lipinski definition) is 5. The standard InChI is InChI=1S/C60H37N3O2/c1-4-17-39(18-5-1)57-61-58(63-59(62-57)43-32-33-47-41(35-43)31-30-38-16-10-11-25-46(38)47)42-20-14-19-40(34-42)48-27-15-29-53-56(48)65-55-37-52-50(36-54(55)64-53)49-26-12-13-28-51(49)60(52,44-21-6-2-7-22-44)45-23-8-3-9-24-45/h1-37H. The Morgan fingerprint density at radius 2 is 0.877 bits per heavy atom. The number of hydrogen-bond donors (Lipinski definition) is 0. The summed E-state index contributed by atoms with van der Waals surface area (Å²) in [7, 11) is 0. The average molecular weight is 832 g/mol. The maximum absolute atomic E-state index is 7.05. The fraction of sp³-hybridized carbons (Fsp3) is 0.0167. The van der Waals surface area contributed by atoms with Crippen molar-refractivity contribution in [3.8, 4) is 79.4 Å². The lowest BCUT2D eigenvalue weighted by molar-refractivity contribution is 0.360. The minimum atomic E-state index is -0.565. The van der Waals surface area contributed by atoms with E-state index in [4.69, 9.17) is 24.4 Å². The summed E-state index contributed by atoms with van der Waals surface area (Å²) in [4.78, 5) is 15.3. The molecule has 2 aliphatic rings. The Morgan fingerprint density at radius 3 is 1.66 bits per heavy atom. The van der Waals surface area contributed by atoms with Gasteiger partial charge in [0.25, 0.3) is 0 Å². The maximum Gasteiger partial charge on any atom is 0.177 e. The first-order chi connectivity index (χ1) is 32.2. The van der Waals surface area contributed by atoms with Crippen molar-refractivity contribution in [2.24, 2.45) is 0 Å². The molecular formula is C60H37N3O2. The zero-order valence-electron chi connectivity index (χ0n) is 35.0. The zero-order valence-corrected chi connectivity index (χ0v) is 35.0. The summed E-state index contributed by atoms with van der Waals surface area (Å²) >= 11 is 0. The molecule has 0 atom stereocenters. The topological polar surface area (TPSA) is 57.1 Å². The molecule has 13 rings (SSSR count). The molecule has 0 amide bonds. The Morgan fingerprint density at radius 1 is 0.308 bits per heavy atom. The first-order valence-corrected chi connectivity index (χ1v) is 21.9. The van der Waals surface area contributed by atoms with Crippen molar-refractivity contribution >= 4 is 21.5 Å². The lowest BCUT2D eigenvalue weighted by Crippen LogP contribution is -2.28. The van der Waals surface area contributed by atoms with E-state index < -0.39 is 5.41 Å². The first-order valence-electron chi connectivity index (χ1n) is 21.9. The molecule has 5 nitrogen and oxygen atoms in total. The fourth-order valence-electron chi connectivity index (χ4n) is 10.1. The molecule has 1 aliphatic heterocycles. The Bertz CT molecular complexity index is 3620. The van der Waals surface area contributed by atoms with Gasteiger partial charge in [-0.15, -0.1) is 0 Å². The van der Waals surface area contributed by atoms with Gasteiger partial charge in [-0.25, -0.2) is 15.0 Å². The minimum absolute atomic E-state index is 0.565. The third kappa shape index (κ3) is 5.90. The quantitative estimate of drug-likeness (QED) is 0.156. The molecule has 2 heterocycles. The van der Waals surface area contributed by atoms with Crippen molar-refractivity contribution in [2.45, 2.75) is 5.41 Å². The van der Waals surface area contributed by atoms with Crippen molar-refractivity contribution in [3.63, 3.8) is 0 Å². The van der Waals surface area contributed by atoms with Crippen LogP contribution in [0.4, 0.5) is 0 Å². The van der Waals surface area contributed by atoms with Crippen LogP contribution in [-0.4, -0.2) is 15.0 Å². The Labute approximate surface area is 375 Å². The van der Waals surface area contributed by atoms with Gasteiger partial charge in [-0.3, -0.25) is 0 Å². The number of ether oxygens (including phenoxy) is 2. The van der Waals surface area contributed by atoms with Crippen molar-refractivity contribution < 1.29 is 9.47 Å². The van der Waals surface area contributed by atoms with E-state index in [1.54, 1.807) is 0 Å². The summed E-state index contributed by atoms with van der Waals surface area (Å²) in [6.45, 7) is 0. The third-order valence-electron chi connectivity index (χ3n) is 13.0. The highest BCUT2D eigenvalue weighted by molar-refractivity contribution is 6.08. The molecule has 304 valence electrons. The summed E-state index contributed by atoms with van der Waals surface area (Å²) in [6, 6.07) is 78.5. The van der Waals surface area contributed by atoms with Gasteiger partial charge in [0.05, 0.1) is 5.41 Å². The van der Waals surface area contributed by atoms with E-state index in [-0.39, 0.29) is 0 Å². The van der Waals surface area contributed by atoms with Gasteiger partial charge < -0.3 is 9.47 Å².